The lowest BCUT2D eigenvalue weighted by atomic mass is 9.91. The van der Waals surface area contributed by atoms with E-state index in [1.807, 2.05) is 30.3 Å². The van der Waals surface area contributed by atoms with Crippen molar-refractivity contribution in [2.24, 2.45) is 0 Å². The lowest BCUT2D eigenvalue weighted by molar-refractivity contribution is 1.18. The van der Waals surface area contributed by atoms with E-state index in [4.69, 9.17) is 9.97 Å². The number of benzene rings is 8. The molecule has 4 heteroatoms. The van der Waals surface area contributed by atoms with Crippen molar-refractivity contribution >= 4 is 32.3 Å². The first-order chi connectivity index (χ1) is 25.6. The summed E-state index contributed by atoms with van der Waals surface area (Å²) in [6, 6.07) is 62.4. The maximum absolute atomic E-state index is 9.35. The van der Waals surface area contributed by atoms with Gasteiger partial charge in [0.2, 0.25) is 0 Å². The van der Waals surface area contributed by atoms with Gasteiger partial charge in [-0.3, -0.25) is 0 Å². The van der Waals surface area contributed by atoms with Crippen LogP contribution in [-0.2, 0) is 0 Å². The van der Waals surface area contributed by atoms with Crippen LogP contribution < -0.4 is 0 Å². The zero-order valence-corrected chi connectivity index (χ0v) is 28.0. The summed E-state index contributed by atoms with van der Waals surface area (Å²) in [7, 11) is 0. The molecule has 240 valence electrons. The van der Waals surface area contributed by atoms with E-state index in [1.165, 1.54) is 37.9 Å². The van der Waals surface area contributed by atoms with Gasteiger partial charge in [-0.1, -0.05) is 109 Å². The van der Waals surface area contributed by atoms with Crippen molar-refractivity contribution in [2.45, 2.75) is 0 Å². The van der Waals surface area contributed by atoms with Gasteiger partial charge >= 0.3 is 0 Å². The maximum Gasteiger partial charge on any atom is 0.160 e. The lowest BCUT2D eigenvalue weighted by Crippen LogP contribution is -1.96. The molecule has 0 spiro atoms. The lowest BCUT2D eigenvalue weighted by Gasteiger charge is -2.13. The van der Waals surface area contributed by atoms with Gasteiger partial charge in [-0.25, -0.2) is 9.97 Å². The van der Waals surface area contributed by atoms with Crippen LogP contribution in [0.1, 0.15) is 11.1 Å². The molecule has 0 N–H and O–H groups in total. The molecule has 9 aromatic rings. The van der Waals surface area contributed by atoms with Crippen LogP contribution in [0.3, 0.4) is 0 Å². The zero-order valence-electron chi connectivity index (χ0n) is 28.0. The molecule has 0 atom stereocenters. The number of hydrogen-bond acceptors (Lipinski definition) is 4. The average Bonchev–Trinajstić information content (AvgIpc) is 3.23. The summed E-state index contributed by atoms with van der Waals surface area (Å²) in [5, 5.41) is 26.3. The number of hydrogen-bond donors (Lipinski definition) is 0. The highest BCUT2D eigenvalue weighted by molar-refractivity contribution is 6.25. The summed E-state index contributed by atoms with van der Waals surface area (Å²) in [5.74, 6) is 0.561. The van der Waals surface area contributed by atoms with Gasteiger partial charge in [0.25, 0.3) is 0 Å². The van der Waals surface area contributed by atoms with Crippen LogP contribution in [0, 0.1) is 22.7 Å². The van der Waals surface area contributed by atoms with E-state index in [-0.39, 0.29) is 0 Å². The Balaban J connectivity index is 1.13. The molecule has 0 saturated carbocycles. The van der Waals surface area contributed by atoms with Crippen molar-refractivity contribution in [3.8, 4) is 68.3 Å². The highest BCUT2D eigenvalue weighted by Crippen LogP contribution is 2.38. The Morgan fingerprint density at radius 1 is 0.308 bits per heavy atom. The van der Waals surface area contributed by atoms with Gasteiger partial charge in [-0.15, -0.1) is 0 Å². The van der Waals surface area contributed by atoms with Crippen LogP contribution in [0.2, 0.25) is 0 Å². The number of fused-ring (bicyclic) bond motifs is 6. The van der Waals surface area contributed by atoms with Gasteiger partial charge in [0.15, 0.2) is 5.82 Å². The van der Waals surface area contributed by atoms with E-state index in [0.29, 0.717) is 17.0 Å². The molecule has 0 aliphatic heterocycles. The van der Waals surface area contributed by atoms with Crippen molar-refractivity contribution in [3.63, 3.8) is 0 Å². The Bertz CT molecular complexity index is 2800. The predicted molar refractivity (Wildman–Crippen MR) is 211 cm³/mol. The third-order valence-corrected chi connectivity index (χ3v) is 9.74. The van der Waals surface area contributed by atoms with Crippen LogP contribution in [-0.4, -0.2) is 9.97 Å². The first-order valence-electron chi connectivity index (χ1n) is 17.1. The van der Waals surface area contributed by atoms with E-state index in [2.05, 4.69) is 127 Å². The minimum atomic E-state index is 0.561. The minimum Gasteiger partial charge on any atom is -0.228 e. The van der Waals surface area contributed by atoms with Crippen LogP contribution in [0.15, 0.2) is 170 Å². The van der Waals surface area contributed by atoms with E-state index in [1.54, 1.807) is 24.3 Å². The first-order valence-corrected chi connectivity index (χ1v) is 17.1. The molecule has 0 bridgehead atoms. The molecule has 0 unspecified atom stereocenters. The first kappa shape index (κ1) is 30.6. The number of aromatic nitrogens is 2. The predicted octanol–water partition coefficient (Wildman–Crippen LogP) is 12.0. The van der Waals surface area contributed by atoms with Gasteiger partial charge in [-0.2, -0.15) is 10.5 Å². The van der Waals surface area contributed by atoms with Gasteiger partial charge < -0.3 is 0 Å². The SMILES string of the molecule is N#Cc1ccc(-c2cc(-c3cccc(-c4cccc(-c5ccc6c7ccccc7c7ccccc7c6c5)c4)c3)nc(-c3ccc(C#N)cc3)n2)cc1. The summed E-state index contributed by atoms with van der Waals surface area (Å²) in [6.07, 6.45) is 0. The van der Waals surface area contributed by atoms with Gasteiger partial charge in [-0.05, 0) is 115 Å². The van der Waals surface area contributed by atoms with Crippen molar-refractivity contribution in [2.75, 3.05) is 0 Å². The van der Waals surface area contributed by atoms with E-state index in [0.717, 1.165) is 44.8 Å². The summed E-state index contributed by atoms with van der Waals surface area (Å²) in [4.78, 5) is 9.93. The maximum atomic E-state index is 9.35. The fraction of sp³-hybridized carbons (Fsp3) is 0. The summed E-state index contributed by atoms with van der Waals surface area (Å²) < 4.78 is 0. The largest absolute Gasteiger partial charge is 0.228 e. The smallest absolute Gasteiger partial charge is 0.160 e. The standard InChI is InChI=1S/C48H28N4/c49-29-31-15-19-33(20-16-31)46-28-47(52-48(51-46)34-21-17-32(30-50)18-22-34)39-10-6-9-37(26-39)35-7-5-8-36(25-35)38-23-24-44-42-13-2-1-11-40(42)41-12-3-4-14-43(41)45(44)27-38/h1-28H. The normalized spacial score (nSPS) is 11.0. The van der Waals surface area contributed by atoms with Gasteiger partial charge in [0, 0.05) is 16.7 Å². The van der Waals surface area contributed by atoms with Crippen LogP contribution in [0.4, 0.5) is 0 Å². The second kappa shape index (κ2) is 12.8. The molecule has 1 aromatic heterocycles. The van der Waals surface area contributed by atoms with E-state index < -0.39 is 0 Å². The molecule has 52 heavy (non-hydrogen) atoms. The molecule has 4 nitrogen and oxygen atoms in total. The van der Waals surface area contributed by atoms with E-state index in [9.17, 15) is 10.5 Å². The average molecular weight is 661 g/mol. The molecule has 0 amide bonds. The summed E-state index contributed by atoms with van der Waals surface area (Å²) >= 11 is 0. The summed E-state index contributed by atoms with van der Waals surface area (Å²) in [5.41, 5.74) is 9.85. The van der Waals surface area contributed by atoms with Crippen molar-refractivity contribution < 1.29 is 0 Å². The molecule has 8 aromatic carbocycles. The molecule has 1 heterocycles. The van der Waals surface area contributed by atoms with Crippen LogP contribution in [0.5, 0.6) is 0 Å². The van der Waals surface area contributed by atoms with Crippen LogP contribution >= 0.6 is 0 Å². The molecule has 0 saturated heterocycles. The van der Waals surface area contributed by atoms with Gasteiger partial charge in [0.1, 0.15) is 0 Å². The van der Waals surface area contributed by atoms with Crippen LogP contribution in [0.25, 0.3) is 88.5 Å². The number of rotatable bonds is 5. The topological polar surface area (TPSA) is 73.4 Å². The van der Waals surface area contributed by atoms with Crippen molar-refractivity contribution in [1.82, 2.24) is 9.97 Å². The Hall–Kier alpha value is -7.40. The fourth-order valence-electron chi connectivity index (χ4n) is 7.11. The number of nitriles is 2. The molecule has 9 rings (SSSR count). The Kier molecular flexibility index (Phi) is 7.55. The Labute approximate surface area is 301 Å². The number of nitrogens with zero attached hydrogens (tertiary/aromatic N) is 4. The monoisotopic (exact) mass is 660 g/mol. The molecule has 0 aliphatic carbocycles. The Morgan fingerprint density at radius 3 is 1.25 bits per heavy atom. The highest BCUT2D eigenvalue weighted by atomic mass is 14.9. The summed E-state index contributed by atoms with van der Waals surface area (Å²) in [6.45, 7) is 0. The van der Waals surface area contributed by atoms with Crippen molar-refractivity contribution in [3.05, 3.63) is 181 Å². The van der Waals surface area contributed by atoms with Crippen molar-refractivity contribution in [1.29, 1.82) is 10.5 Å². The fourth-order valence-corrected chi connectivity index (χ4v) is 7.11. The molecule has 0 aliphatic rings. The minimum absolute atomic E-state index is 0.561. The zero-order chi connectivity index (χ0) is 35.0. The molecule has 0 fully saturated rings. The third-order valence-electron chi connectivity index (χ3n) is 9.74. The quantitative estimate of drug-likeness (QED) is 0.172. The van der Waals surface area contributed by atoms with E-state index >= 15 is 0 Å². The molecular weight excluding hydrogens is 633 g/mol. The Morgan fingerprint density at radius 2 is 0.712 bits per heavy atom. The molecular formula is C48H28N4. The van der Waals surface area contributed by atoms with Gasteiger partial charge in [0.05, 0.1) is 34.7 Å². The molecule has 0 radical (unpaired) electrons. The second-order valence-electron chi connectivity index (χ2n) is 12.9. The third kappa shape index (κ3) is 5.52. The second-order valence-corrected chi connectivity index (χ2v) is 12.9. The highest BCUT2D eigenvalue weighted by Gasteiger charge is 2.14.